The molecule has 122 valence electrons. The van der Waals surface area contributed by atoms with Crippen LogP contribution >= 0.6 is 0 Å². The van der Waals surface area contributed by atoms with Gasteiger partial charge in [-0.05, 0) is 44.3 Å². The zero-order chi connectivity index (χ0) is 16.7. The van der Waals surface area contributed by atoms with Crippen LogP contribution in [0.25, 0.3) is 0 Å². The molecule has 0 aromatic heterocycles. The Balaban J connectivity index is 2.06. The fraction of sp³-hybridized carbons (Fsp3) is 0.316. The summed E-state index contributed by atoms with van der Waals surface area (Å²) in [5.41, 5.74) is 8.68. The van der Waals surface area contributed by atoms with Gasteiger partial charge in [0, 0.05) is 30.9 Å². The van der Waals surface area contributed by atoms with Gasteiger partial charge in [-0.2, -0.15) is 0 Å². The van der Waals surface area contributed by atoms with E-state index in [1.54, 1.807) is 0 Å². The minimum Gasteiger partial charge on any atom is -0.399 e. The summed E-state index contributed by atoms with van der Waals surface area (Å²) in [6.07, 6.45) is 1.12. The minimum absolute atomic E-state index is 0.126. The molecule has 1 amide bonds. The van der Waals surface area contributed by atoms with E-state index < -0.39 is 0 Å². The van der Waals surface area contributed by atoms with Gasteiger partial charge in [0.2, 0.25) is 5.91 Å². The number of rotatable bonds is 7. The van der Waals surface area contributed by atoms with E-state index >= 15 is 0 Å². The molecule has 0 atom stereocenters. The normalized spacial score (nSPS) is 10.7. The molecular weight excluding hydrogens is 286 g/mol. The molecule has 0 saturated heterocycles. The van der Waals surface area contributed by atoms with Crippen molar-refractivity contribution in [3.8, 4) is 0 Å². The van der Waals surface area contributed by atoms with Crippen LogP contribution in [-0.4, -0.2) is 38.0 Å². The summed E-state index contributed by atoms with van der Waals surface area (Å²) < 4.78 is 0. The van der Waals surface area contributed by atoms with Crippen LogP contribution in [-0.2, 0) is 11.2 Å². The first-order chi connectivity index (χ1) is 11.1. The number of nitrogens with two attached hydrogens (primary N) is 1. The molecule has 0 heterocycles. The van der Waals surface area contributed by atoms with Crippen molar-refractivity contribution in [2.75, 3.05) is 37.8 Å². The van der Waals surface area contributed by atoms with E-state index in [9.17, 15) is 4.79 Å². The van der Waals surface area contributed by atoms with Crippen molar-refractivity contribution >= 4 is 17.3 Å². The maximum absolute atomic E-state index is 12.7. The quantitative estimate of drug-likeness (QED) is 0.800. The summed E-state index contributed by atoms with van der Waals surface area (Å²) in [6, 6.07) is 17.6. The maximum atomic E-state index is 12.7. The van der Waals surface area contributed by atoms with Crippen molar-refractivity contribution < 1.29 is 4.79 Å². The first kappa shape index (κ1) is 17.0. The van der Waals surface area contributed by atoms with Crippen LogP contribution < -0.4 is 10.6 Å². The Labute approximate surface area is 138 Å². The topological polar surface area (TPSA) is 49.6 Å². The first-order valence-corrected chi connectivity index (χ1v) is 7.91. The Hall–Kier alpha value is -2.33. The molecule has 0 spiro atoms. The van der Waals surface area contributed by atoms with Crippen molar-refractivity contribution in [1.29, 1.82) is 0 Å². The fourth-order valence-electron chi connectivity index (χ4n) is 2.44. The van der Waals surface area contributed by atoms with E-state index in [4.69, 9.17) is 5.73 Å². The molecule has 2 aromatic rings. The molecule has 0 aliphatic heterocycles. The summed E-state index contributed by atoms with van der Waals surface area (Å²) in [6.45, 7) is 1.51. The average Bonchev–Trinajstić information content (AvgIpc) is 2.55. The van der Waals surface area contributed by atoms with E-state index in [1.807, 2.05) is 73.6 Å². The van der Waals surface area contributed by atoms with Crippen LogP contribution in [0.2, 0.25) is 0 Å². The molecule has 0 bridgehead atoms. The highest BCUT2D eigenvalue weighted by Gasteiger charge is 2.16. The highest BCUT2D eigenvalue weighted by molar-refractivity contribution is 5.93. The van der Waals surface area contributed by atoms with Crippen molar-refractivity contribution in [3.05, 3.63) is 60.2 Å². The number of hydrogen-bond donors (Lipinski definition) is 1. The van der Waals surface area contributed by atoms with Gasteiger partial charge in [0.05, 0.1) is 0 Å². The first-order valence-electron chi connectivity index (χ1n) is 7.91. The third-order valence-electron chi connectivity index (χ3n) is 3.80. The van der Waals surface area contributed by atoms with Crippen molar-refractivity contribution in [3.63, 3.8) is 0 Å². The Morgan fingerprint density at radius 2 is 1.61 bits per heavy atom. The van der Waals surface area contributed by atoms with Crippen molar-refractivity contribution in [2.24, 2.45) is 0 Å². The van der Waals surface area contributed by atoms with E-state index in [0.29, 0.717) is 19.4 Å². The largest absolute Gasteiger partial charge is 0.399 e. The summed E-state index contributed by atoms with van der Waals surface area (Å²) in [4.78, 5) is 16.6. The van der Waals surface area contributed by atoms with Gasteiger partial charge in [-0.25, -0.2) is 0 Å². The van der Waals surface area contributed by atoms with Gasteiger partial charge in [0.15, 0.2) is 0 Å². The van der Waals surface area contributed by atoms with Gasteiger partial charge in [-0.3, -0.25) is 4.79 Å². The number of nitrogens with zero attached hydrogens (tertiary/aromatic N) is 2. The number of nitrogen functional groups attached to an aromatic ring is 1. The number of hydrogen-bond acceptors (Lipinski definition) is 3. The third kappa shape index (κ3) is 5.11. The average molecular weight is 311 g/mol. The number of amides is 1. The molecule has 4 nitrogen and oxygen atoms in total. The maximum Gasteiger partial charge on any atom is 0.227 e. The van der Waals surface area contributed by atoms with E-state index in [1.165, 1.54) is 0 Å². The number of aryl methyl sites for hydroxylation is 1. The summed E-state index contributed by atoms with van der Waals surface area (Å²) in [5.74, 6) is 0.126. The highest BCUT2D eigenvalue weighted by atomic mass is 16.2. The lowest BCUT2D eigenvalue weighted by Gasteiger charge is -2.24. The minimum atomic E-state index is 0.126. The van der Waals surface area contributed by atoms with E-state index in [2.05, 4.69) is 4.90 Å². The lowest BCUT2D eigenvalue weighted by molar-refractivity contribution is -0.118. The van der Waals surface area contributed by atoms with E-state index in [-0.39, 0.29) is 5.91 Å². The zero-order valence-electron chi connectivity index (χ0n) is 13.9. The van der Waals surface area contributed by atoms with Crippen LogP contribution in [0.4, 0.5) is 11.4 Å². The Bertz CT molecular complexity index is 626. The molecular formula is C19H25N3O. The Kier molecular flexibility index (Phi) is 6.18. The molecule has 23 heavy (non-hydrogen) atoms. The number of carbonyl (C=O) groups excluding carboxylic acids is 1. The fourth-order valence-corrected chi connectivity index (χ4v) is 2.44. The van der Waals surface area contributed by atoms with Crippen molar-refractivity contribution in [2.45, 2.75) is 12.8 Å². The number of likely N-dealkylation sites (N-methyl/N-ethyl adjacent to an activating group) is 1. The standard InChI is InChI=1S/C19H25N3O/c1-21(2)14-15-22(17-9-4-3-5-10-17)19(23)13-12-16-8-6-7-11-18(16)20/h3-11H,12-15,20H2,1-2H3. The molecule has 0 radical (unpaired) electrons. The van der Waals surface area contributed by atoms with Gasteiger partial charge in [-0.1, -0.05) is 36.4 Å². The SMILES string of the molecule is CN(C)CCN(C(=O)CCc1ccccc1N)c1ccccc1. The number of carbonyl (C=O) groups is 1. The summed E-state index contributed by atoms with van der Waals surface area (Å²) >= 11 is 0. The molecule has 2 aromatic carbocycles. The zero-order valence-corrected chi connectivity index (χ0v) is 13.9. The molecule has 0 unspecified atom stereocenters. The van der Waals surface area contributed by atoms with Crippen LogP contribution in [0.3, 0.4) is 0 Å². The van der Waals surface area contributed by atoms with Gasteiger partial charge >= 0.3 is 0 Å². The molecule has 4 heteroatoms. The smallest absolute Gasteiger partial charge is 0.227 e. The molecule has 0 saturated carbocycles. The number of anilines is 2. The molecule has 2 N–H and O–H groups in total. The molecule has 2 rings (SSSR count). The predicted molar refractivity (Wildman–Crippen MR) is 96.5 cm³/mol. The lowest BCUT2D eigenvalue weighted by atomic mass is 10.1. The monoisotopic (exact) mass is 311 g/mol. The second kappa shape index (κ2) is 8.34. The van der Waals surface area contributed by atoms with Gasteiger partial charge < -0.3 is 15.5 Å². The predicted octanol–water partition coefficient (Wildman–Crippen LogP) is 2.80. The van der Waals surface area contributed by atoms with Crippen LogP contribution in [0.1, 0.15) is 12.0 Å². The number of para-hydroxylation sites is 2. The molecule has 0 fully saturated rings. The highest BCUT2D eigenvalue weighted by Crippen LogP contribution is 2.17. The molecule has 0 aliphatic rings. The van der Waals surface area contributed by atoms with Crippen LogP contribution in [0.15, 0.2) is 54.6 Å². The molecule has 0 aliphatic carbocycles. The summed E-state index contributed by atoms with van der Waals surface area (Å²) in [5, 5.41) is 0. The lowest BCUT2D eigenvalue weighted by Crippen LogP contribution is -2.36. The van der Waals surface area contributed by atoms with Gasteiger partial charge in [-0.15, -0.1) is 0 Å². The van der Waals surface area contributed by atoms with Crippen LogP contribution in [0.5, 0.6) is 0 Å². The van der Waals surface area contributed by atoms with Gasteiger partial charge in [0.1, 0.15) is 0 Å². The Morgan fingerprint density at radius 3 is 2.26 bits per heavy atom. The van der Waals surface area contributed by atoms with E-state index in [0.717, 1.165) is 23.5 Å². The van der Waals surface area contributed by atoms with Gasteiger partial charge in [0.25, 0.3) is 0 Å². The second-order valence-electron chi connectivity index (χ2n) is 5.88. The van der Waals surface area contributed by atoms with Crippen LogP contribution in [0, 0.1) is 0 Å². The third-order valence-corrected chi connectivity index (χ3v) is 3.80. The number of benzene rings is 2. The summed E-state index contributed by atoms with van der Waals surface area (Å²) in [7, 11) is 4.02. The van der Waals surface area contributed by atoms with Crippen molar-refractivity contribution in [1.82, 2.24) is 4.90 Å². The second-order valence-corrected chi connectivity index (χ2v) is 5.88. The Morgan fingerprint density at radius 1 is 0.957 bits per heavy atom.